The molecule has 2 aliphatic heterocycles. The van der Waals surface area contributed by atoms with E-state index in [4.69, 9.17) is 0 Å². The molecular formula is C88H86N2O4. The fourth-order valence-electron chi connectivity index (χ4n) is 19.2. The minimum atomic E-state index is -0.287. The molecule has 94 heavy (non-hydrogen) atoms. The highest BCUT2D eigenvalue weighted by Crippen LogP contribution is 2.54. The maximum absolute atomic E-state index is 16.6. The van der Waals surface area contributed by atoms with Crippen molar-refractivity contribution in [3.63, 3.8) is 0 Å². The highest BCUT2D eigenvalue weighted by atomic mass is 16.2. The smallest absolute Gasteiger partial charge is 0.266 e. The second-order valence-electron chi connectivity index (χ2n) is 29.5. The van der Waals surface area contributed by atoms with E-state index in [0.717, 1.165) is 161 Å². The molecule has 0 radical (unpaired) electrons. The van der Waals surface area contributed by atoms with Crippen LogP contribution in [0.15, 0.2) is 158 Å². The van der Waals surface area contributed by atoms with Gasteiger partial charge in [0.05, 0.1) is 11.4 Å². The third-order valence-electron chi connectivity index (χ3n) is 24.0. The Hall–Kier alpha value is -8.48. The number of nitrogens with zero attached hydrogens (tertiary/aromatic N) is 2. The van der Waals surface area contributed by atoms with Gasteiger partial charge in [-0.1, -0.05) is 262 Å². The molecular weight excluding hydrogens is 1150 g/mol. The van der Waals surface area contributed by atoms with Gasteiger partial charge in [-0.3, -0.25) is 19.2 Å². The van der Waals surface area contributed by atoms with Crippen LogP contribution in [-0.2, 0) is 25.7 Å². The van der Waals surface area contributed by atoms with Crippen molar-refractivity contribution >= 4 is 99.6 Å². The number of aryl methyl sites for hydroxylation is 4. The quantitative estimate of drug-likeness (QED) is 0.0549. The van der Waals surface area contributed by atoms with Gasteiger partial charge in [-0.15, -0.1) is 0 Å². The first-order valence-corrected chi connectivity index (χ1v) is 36.6. The SMILES string of the molecule is O=C1c2ccc3c4c(-c5cccc6ccccc56)cc5c6c(ccc(c7c(-c8cccc9ccccc89)cc(c2c37)C(=O)N1c1c(CCC2CCCCC2)cccc1CCC1CCCCC1)c64)C(=O)N(c1c(CCC2CCCCC2)cccc1CCC1CCCCC1)C5=O. The Morgan fingerprint density at radius 3 is 0.915 bits per heavy atom. The van der Waals surface area contributed by atoms with Crippen LogP contribution in [0, 0.1) is 23.7 Å². The Morgan fingerprint density at radius 2 is 0.564 bits per heavy atom. The predicted octanol–water partition coefficient (Wildman–Crippen LogP) is 23.0. The number of anilines is 2. The molecule has 0 spiro atoms. The van der Waals surface area contributed by atoms with Crippen LogP contribution in [-0.4, -0.2) is 23.6 Å². The van der Waals surface area contributed by atoms with Crippen LogP contribution >= 0.6 is 0 Å². The van der Waals surface area contributed by atoms with Crippen molar-refractivity contribution in [2.45, 2.75) is 180 Å². The van der Waals surface area contributed by atoms with E-state index in [2.05, 4.69) is 146 Å². The van der Waals surface area contributed by atoms with Crippen molar-refractivity contribution in [3.8, 4) is 22.3 Å². The highest BCUT2D eigenvalue weighted by Gasteiger charge is 2.42. The van der Waals surface area contributed by atoms with Gasteiger partial charge >= 0.3 is 0 Å². The normalized spacial score (nSPS) is 18.0. The zero-order valence-electron chi connectivity index (χ0n) is 54.6. The average molecular weight is 1240 g/mol. The molecule has 0 saturated heterocycles. The third-order valence-corrected chi connectivity index (χ3v) is 24.0. The van der Waals surface area contributed by atoms with E-state index in [-0.39, 0.29) is 23.6 Å². The molecule has 4 aliphatic carbocycles. The lowest BCUT2D eigenvalue weighted by Crippen LogP contribution is -2.42. The van der Waals surface area contributed by atoms with Crippen LogP contribution in [0.5, 0.6) is 0 Å². The summed E-state index contributed by atoms with van der Waals surface area (Å²) in [5, 5.41) is 10.9. The van der Waals surface area contributed by atoms with Crippen molar-refractivity contribution in [1.82, 2.24) is 0 Å². The molecule has 0 N–H and O–H groups in total. The standard InChI is InChI=1S/C88H86N2O4/c91-85-71-51-49-69-78-74(68-40-20-32-60-30-14-16-38-66(60)68)54-76-80-72(86(92)90(88(76)94)84-63(47-43-57-25-9-3-10-26-57)35-18-36-64(84)48-44-58-27-11-4-12-28-58)52-50-70(82(78)80)77-73(67-39-19-31-59-29-13-15-37-65(59)67)53-75(79(71)81(69)77)87(93)89(85)83-61(45-41-55-21-5-1-6-22-55)33-17-34-62(83)46-42-56-23-7-2-8-24-56/h13-20,29-40,49-58H,1-12,21-28,41-48H2. The first-order chi connectivity index (χ1) is 46.3. The number of benzene rings is 11. The van der Waals surface area contributed by atoms with E-state index in [1.165, 1.54) is 128 Å². The van der Waals surface area contributed by atoms with Gasteiger partial charge < -0.3 is 0 Å². The number of imide groups is 2. The van der Waals surface area contributed by atoms with Gasteiger partial charge in [0, 0.05) is 33.0 Å². The molecule has 4 fully saturated rings. The predicted molar refractivity (Wildman–Crippen MR) is 388 cm³/mol. The molecule has 4 amide bonds. The molecule has 0 bridgehead atoms. The summed E-state index contributed by atoms with van der Waals surface area (Å²) in [6, 6.07) is 55.6. The molecule has 17 rings (SSSR count). The summed E-state index contributed by atoms with van der Waals surface area (Å²) in [4.78, 5) is 69.2. The van der Waals surface area contributed by atoms with Crippen LogP contribution < -0.4 is 9.80 Å². The van der Waals surface area contributed by atoms with Crippen molar-refractivity contribution in [1.29, 1.82) is 0 Å². The summed E-state index contributed by atoms with van der Waals surface area (Å²) in [7, 11) is 0. The molecule has 472 valence electrons. The minimum absolute atomic E-state index is 0.282. The number of carbonyl (C=O) groups excluding carboxylic acids is 4. The molecule has 6 heteroatoms. The topological polar surface area (TPSA) is 74.8 Å². The van der Waals surface area contributed by atoms with Crippen molar-refractivity contribution in [2.75, 3.05) is 9.80 Å². The largest absolute Gasteiger partial charge is 0.268 e. The first-order valence-electron chi connectivity index (χ1n) is 36.6. The van der Waals surface area contributed by atoms with E-state index < -0.39 is 0 Å². The Labute approximate surface area is 553 Å². The molecule has 11 aromatic carbocycles. The Morgan fingerprint density at radius 1 is 0.255 bits per heavy atom. The molecule has 11 aromatic rings. The van der Waals surface area contributed by atoms with E-state index >= 15 is 19.2 Å². The number of hydrogen-bond acceptors (Lipinski definition) is 4. The van der Waals surface area contributed by atoms with Gasteiger partial charge in [0.2, 0.25) is 0 Å². The van der Waals surface area contributed by atoms with Crippen molar-refractivity contribution in [2.24, 2.45) is 23.7 Å². The van der Waals surface area contributed by atoms with E-state index in [1.54, 1.807) is 9.80 Å². The summed E-state index contributed by atoms with van der Waals surface area (Å²) in [5.74, 6) is 1.40. The summed E-state index contributed by atoms with van der Waals surface area (Å²) in [5.41, 5.74) is 11.7. The zero-order valence-corrected chi connectivity index (χ0v) is 54.6. The second kappa shape index (κ2) is 25.0. The van der Waals surface area contributed by atoms with E-state index in [1.807, 2.05) is 12.1 Å². The lowest BCUT2D eigenvalue weighted by Gasteiger charge is -2.34. The van der Waals surface area contributed by atoms with Gasteiger partial charge in [-0.05, 0) is 198 Å². The maximum Gasteiger partial charge on any atom is 0.266 e. The number of para-hydroxylation sites is 2. The first kappa shape index (κ1) is 59.3. The van der Waals surface area contributed by atoms with E-state index in [9.17, 15) is 0 Å². The van der Waals surface area contributed by atoms with Crippen LogP contribution in [0.25, 0.3) is 86.9 Å². The number of rotatable bonds is 16. The van der Waals surface area contributed by atoms with Crippen LogP contribution in [0.3, 0.4) is 0 Å². The fraction of sp³-hybridized carbons (Fsp3) is 0.364. The summed E-state index contributed by atoms with van der Waals surface area (Å²) < 4.78 is 0. The number of hydrogen-bond donors (Lipinski definition) is 0. The fourth-order valence-corrected chi connectivity index (χ4v) is 19.2. The summed E-state index contributed by atoms with van der Waals surface area (Å²) in [6.45, 7) is 0. The molecule has 6 aliphatic rings. The average Bonchev–Trinajstić information content (AvgIpc) is 0.676. The summed E-state index contributed by atoms with van der Waals surface area (Å²) in [6.07, 6.45) is 32.6. The Kier molecular flexibility index (Phi) is 15.8. The van der Waals surface area contributed by atoms with Crippen LogP contribution in [0.1, 0.15) is 218 Å². The second-order valence-corrected chi connectivity index (χ2v) is 29.5. The van der Waals surface area contributed by atoms with Gasteiger partial charge in [-0.2, -0.15) is 0 Å². The van der Waals surface area contributed by atoms with Crippen molar-refractivity contribution in [3.05, 3.63) is 202 Å². The zero-order chi connectivity index (χ0) is 63.0. The Bertz CT molecular complexity index is 4440. The molecule has 4 saturated carbocycles. The molecule has 0 atom stereocenters. The van der Waals surface area contributed by atoms with Gasteiger partial charge in [0.25, 0.3) is 23.6 Å². The third kappa shape index (κ3) is 10.3. The van der Waals surface area contributed by atoms with Gasteiger partial charge in [0.1, 0.15) is 0 Å². The Balaban J connectivity index is 0.910. The van der Waals surface area contributed by atoms with Crippen LogP contribution in [0.4, 0.5) is 11.4 Å². The molecule has 2 heterocycles. The molecule has 0 unspecified atom stereocenters. The lowest BCUT2D eigenvalue weighted by molar-refractivity contribution is 0.0877. The molecule has 0 aromatic heterocycles. The highest BCUT2D eigenvalue weighted by molar-refractivity contribution is 6.48. The minimum Gasteiger partial charge on any atom is -0.268 e. The van der Waals surface area contributed by atoms with Crippen molar-refractivity contribution < 1.29 is 19.2 Å². The van der Waals surface area contributed by atoms with Crippen LogP contribution in [0.2, 0.25) is 0 Å². The maximum atomic E-state index is 16.6. The summed E-state index contributed by atoms with van der Waals surface area (Å²) >= 11 is 0. The van der Waals surface area contributed by atoms with Gasteiger partial charge in [-0.25, -0.2) is 9.80 Å². The lowest BCUT2D eigenvalue weighted by atomic mass is 9.77. The monoisotopic (exact) mass is 1230 g/mol. The number of carbonyl (C=O) groups is 4. The van der Waals surface area contributed by atoms with Gasteiger partial charge in [0.15, 0.2) is 0 Å². The van der Waals surface area contributed by atoms with E-state index in [0.29, 0.717) is 56.7 Å². The number of amides is 4. The molecule has 6 nitrogen and oxygen atoms in total. The number of fused-ring (bicyclic) bond motifs is 4.